The number of carbonyl (C=O) groups excluding carboxylic acids is 1. The van der Waals surface area contributed by atoms with E-state index in [2.05, 4.69) is 16.7 Å². The smallest absolute Gasteiger partial charge is 0.315 e. The molecule has 0 fully saturated rings. The number of aliphatic hydroxyl groups is 1. The SMILES string of the molecule is Cc1ccc(CNC(=O)N[C@H](C)C[C@@H](O)c2ccco2)c(N(C)C)c1. The minimum atomic E-state index is -0.734. The average Bonchev–Trinajstić information content (AvgIpc) is 3.07. The lowest BCUT2D eigenvalue weighted by Crippen LogP contribution is -2.41. The molecule has 136 valence electrons. The number of aryl methyl sites for hydroxylation is 1. The first-order chi connectivity index (χ1) is 11.9. The Labute approximate surface area is 148 Å². The summed E-state index contributed by atoms with van der Waals surface area (Å²) in [7, 11) is 3.97. The fraction of sp³-hybridized carbons (Fsp3) is 0.421. The van der Waals surface area contributed by atoms with Gasteiger partial charge in [-0.1, -0.05) is 12.1 Å². The van der Waals surface area contributed by atoms with Crippen LogP contribution in [-0.4, -0.2) is 31.3 Å². The zero-order chi connectivity index (χ0) is 18.4. The number of amides is 2. The van der Waals surface area contributed by atoms with Gasteiger partial charge >= 0.3 is 6.03 Å². The maximum absolute atomic E-state index is 12.1. The molecule has 1 aromatic heterocycles. The number of hydrogen-bond donors (Lipinski definition) is 3. The molecule has 6 nitrogen and oxygen atoms in total. The lowest BCUT2D eigenvalue weighted by atomic mass is 10.1. The van der Waals surface area contributed by atoms with Crippen LogP contribution in [0.3, 0.4) is 0 Å². The maximum atomic E-state index is 12.1. The first-order valence-electron chi connectivity index (χ1n) is 8.39. The molecule has 0 aliphatic carbocycles. The van der Waals surface area contributed by atoms with Crippen molar-refractivity contribution in [3.05, 3.63) is 53.5 Å². The Morgan fingerprint density at radius 1 is 1.32 bits per heavy atom. The highest BCUT2D eigenvalue weighted by atomic mass is 16.4. The molecule has 2 amide bonds. The summed E-state index contributed by atoms with van der Waals surface area (Å²) in [5.74, 6) is 0.504. The van der Waals surface area contributed by atoms with Crippen LogP contribution in [0.4, 0.5) is 10.5 Å². The summed E-state index contributed by atoms with van der Waals surface area (Å²) in [6.07, 6.45) is 1.17. The Morgan fingerprint density at radius 2 is 2.08 bits per heavy atom. The standard InChI is InChI=1S/C19H27N3O3/c1-13-7-8-15(16(10-13)22(3)4)12-20-19(24)21-14(2)11-17(23)18-6-5-9-25-18/h5-10,14,17,23H,11-12H2,1-4H3,(H2,20,21,24)/t14-,17-/m1/s1. The van der Waals surface area contributed by atoms with Crippen molar-refractivity contribution in [2.45, 2.75) is 39.0 Å². The molecule has 2 atom stereocenters. The number of urea groups is 1. The van der Waals surface area contributed by atoms with Gasteiger partial charge in [0.25, 0.3) is 0 Å². The third kappa shape index (κ3) is 5.53. The van der Waals surface area contributed by atoms with Crippen LogP contribution in [0.15, 0.2) is 41.0 Å². The van der Waals surface area contributed by atoms with Gasteiger partial charge in [0.05, 0.1) is 6.26 Å². The van der Waals surface area contributed by atoms with E-state index in [4.69, 9.17) is 4.42 Å². The lowest BCUT2D eigenvalue weighted by Gasteiger charge is -2.20. The number of nitrogens with zero attached hydrogens (tertiary/aromatic N) is 1. The molecular formula is C19H27N3O3. The van der Waals surface area contributed by atoms with Crippen LogP contribution in [-0.2, 0) is 6.54 Å². The number of carbonyl (C=O) groups is 1. The number of benzene rings is 1. The van der Waals surface area contributed by atoms with Crippen molar-refractivity contribution >= 4 is 11.7 Å². The average molecular weight is 345 g/mol. The fourth-order valence-corrected chi connectivity index (χ4v) is 2.68. The van der Waals surface area contributed by atoms with Crippen LogP contribution >= 0.6 is 0 Å². The second kappa shape index (κ2) is 8.58. The highest BCUT2D eigenvalue weighted by Gasteiger charge is 2.16. The minimum absolute atomic E-state index is 0.188. The first kappa shape index (κ1) is 18.9. The molecule has 6 heteroatoms. The van der Waals surface area contributed by atoms with E-state index in [1.165, 1.54) is 11.8 Å². The number of furan rings is 1. The summed E-state index contributed by atoms with van der Waals surface area (Å²) < 4.78 is 5.17. The molecule has 1 heterocycles. The second-order valence-electron chi connectivity index (χ2n) is 6.52. The van der Waals surface area contributed by atoms with E-state index in [1.807, 2.05) is 45.0 Å². The zero-order valence-electron chi connectivity index (χ0n) is 15.2. The third-order valence-electron chi connectivity index (χ3n) is 3.99. The molecule has 0 aliphatic heterocycles. The quantitative estimate of drug-likeness (QED) is 0.721. The number of anilines is 1. The second-order valence-corrected chi connectivity index (χ2v) is 6.52. The van der Waals surface area contributed by atoms with Crippen molar-refractivity contribution in [3.8, 4) is 0 Å². The van der Waals surface area contributed by atoms with Crippen molar-refractivity contribution in [3.63, 3.8) is 0 Å². The topological polar surface area (TPSA) is 77.7 Å². The molecule has 0 spiro atoms. The monoisotopic (exact) mass is 345 g/mol. The van der Waals surface area contributed by atoms with Crippen molar-refractivity contribution in [1.82, 2.24) is 10.6 Å². The van der Waals surface area contributed by atoms with Crippen molar-refractivity contribution in [1.29, 1.82) is 0 Å². The Balaban J connectivity index is 1.84. The summed E-state index contributed by atoms with van der Waals surface area (Å²) in [4.78, 5) is 14.1. The molecule has 0 unspecified atom stereocenters. The number of rotatable bonds is 7. The van der Waals surface area contributed by atoms with Gasteiger partial charge < -0.3 is 25.1 Å². The number of hydrogen-bond acceptors (Lipinski definition) is 4. The zero-order valence-corrected chi connectivity index (χ0v) is 15.2. The molecule has 0 aliphatic rings. The van der Waals surface area contributed by atoms with Crippen molar-refractivity contribution < 1.29 is 14.3 Å². The Kier molecular flexibility index (Phi) is 6.47. The van der Waals surface area contributed by atoms with Gasteiger partial charge in [-0.2, -0.15) is 0 Å². The van der Waals surface area contributed by atoms with Gasteiger partial charge in [0.2, 0.25) is 0 Å². The molecule has 0 bridgehead atoms. The van der Waals surface area contributed by atoms with E-state index >= 15 is 0 Å². The third-order valence-corrected chi connectivity index (χ3v) is 3.99. The van der Waals surface area contributed by atoms with Crippen molar-refractivity contribution in [2.75, 3.05) is 19.0 Å². The van der Waals surface area contributed by atoms with Crippen LogP contribution in [0, 0.1) is 6.92 Å². The van der Waals surface area contributed by atoms with Gasteiger partial charge in [-0.3, -0.25) is 0 Å². The fourth-order valence-electron chi connectivity index (χ4n) is 2.68. The van der Waals surface area contributed by atoms with Gasteiger partial charge in [-0.25, -0.2) is 4.79 Å². The van der Waals surface area contributed by atoms with E-state index in [1.54, 1.807) is 12.1 Å². The Bertz CT molecular complexity index is 683. The summed E-state index contributed by atoms with van der Waals surface area (Å²) in [6.45, 7) is 4.33. The van der Waals surface area contributed by atoms with Gasteiger partial charge in [0.15, 0.2) is 0 Å². The largest absolute Gasteiger partial charge is 0.467 e. The predicted octanol–water partition coefficient (Wildman–Crippen LogP) is 2.97. The molecule has 1 aromatic carbocycles. The number of nitrogens with one attached hydrogen (secondary N) is 2. The van der Waals surface area contributed by atoms with E-state index in [-0.39, 0.29) is 12.1 Å². The van der Waals surface area contributed by atoms with Gasteiger partial charge in [-0.15, -0.1) is 0 Å². The molecule has 25 heavy (non-hydrogen) atoms. The summed E-state index contributed by atoms with van der Waals surface area (Å²) in [6, 6.07) is 9.15. The van der Waals surface area contributed by atoms with E-state index in [0.29, 0.717) is 18.7 Å². The predicted molar refractivity (Wildman–Crippen MR) is 98.6 cm³/mol. The Morgan fingerprint density at radius 3 is 2.72 bits per heavy atom. The van der Waals surface area contributed by atoms with Gasteiger partial charge in [0, 0.05) is 38.8 Å². The summed E-state index contributed by atoms with van der Waals surface area (Å²) >= 11 is 0. The van der Waals surface area contributed by atoms with E-state index in [0.717, 1.165) is 11.3 Å². The normalized spacial score (nSPS) is 13.2. The van der Waals surface area contributed by atoms with Crippen LogP contribution in [0.2, 0.25) is 0 Å². The van der Waals surface area contributed by atoms with Crippen LogP contribution in [0.1, 0.15) is 36.3 Å². The minimum Gasteiger partial charge on any atom is -0.467 e. The lowest BCUT2D eigenvalue weighted by molar-refractivity contribution is 0.129. The summed E-state index contributed by atoms with van der Waals surface area (Å²) in [5, 5.41) is 15.8. The van der Waals surface area contributed by atoms with Gasteiger partial charge in [-0.05, 0) is 43.2 Å². The van der Waals surface area contributed by atoms with Crippen LogP contribution < -0.4 is 15.5 Å². The highest BCUT2D eigenvalue weighted by molar-refractivity contribution is 5.74. The van der Waals surface area contributed by atoms with Crippen LogP contribution in [0.25, 0.3) is 0 Å². The molecule has 0 saturated heterocycles. The summed E-state index contributed by atoms with van der Waals surface area (Å²) in [5.41, 5.74) is 3.31. The molecule has 0 radical (unpaired) electrons. The Hall–Kier alpha value is -2.47. The maximum Gasteiger partial charge on any atom is 0.315 e. The number of aliphatic hydroxyl groups excluding tert-OH is 1. The molecule has 2 rings (SSSR count). The molecule has 3 N–H and O–H groups in total. The van der Waals surface area contributed by atoms with Crippen LogP contribution in [0.5, 0.6) is 0 Å². The molecule has 2 aromatic rings. The molecular weight excluding hydrogens is 318 g/mol. The van der Waals surface area contributed by atoms with E-state index in [9.17, 15) is 9.90 Å². The van der Waals surface area contributed by atoms with E-state index < -0.39 is 6.10 Å². The molecule has 0 saturated carbocycles. The first-order valence-corrected chi connectivity index (χ1v) is 8.39. The van der Waals surface area contributed by atoms with Crippen molar-refractivity contribution in [2.24, 2.45) is 0 Å². The highest BCUT2D eigenvalue weighted by Crippen LogP contribution is 2.20. The van der Waals surface area contributed by atoms with Gasteiger partial charge in [0.1, 0.15) is 11.9 Å².